The second-order valence-corrected chi connectivity index (χ2v) is 6.84. The van der Waals surface area contributed by atoms with E-state index >= 15 is 0 Å². The van der Waals surface area contributed by atoms with Gasteiger partial charge in [-0.3, -0.25) is 4.79 Å². The van der Waals surface area contributed by atoms with Gasteiger partial charge in [-0.05, 0) is 24.9 Å². The third kappa shape index (κ3) is 7.31. The van der Waals surface area contributed by atoms with Crippen molar-refractivity contribution in [3.05, 3.63) is 0 Å². The van der Waals surface area contributed by atoms with Crippen molar-refractivity contribution in [2.45, 2.75) is 46.4 Å². The number of amides is 1. The normalized spacial score (nSPS) is 13.4. The summed E-state index contributed by atoms with van der Waals surface area (Å²) in [7, 11) is 0. The number of halogens is 1. The highest BCUT2D eigenvalue weighted by atomic mass is 79.9. The first kappa shape index (κ1) is 18.9. The van der Waals surface area contributed by atoms with E-state index in [2.05, 4.69) is 62.4 Å². The summed E-state index contributed by atoms with van der Waals surface area (Å²) in [6, 6.07) is 0. The van der Waals surface area contributed by atoms with Crippen molar-refractivity contribution in [3.63, 3.8) is 0 Å². The van der Waals surface area contributed by atoms with Crippen molar-refractivity contribution in [3.8, 4) is 0 Å². The van der Waals surface area contributed by atoms with Crippen LogP contribution >= 0.6 is 15.9 Å². The standard InChI is InChI=1S/C15H31BrN2O/c1-7-17(8-2)9-10-18(11-12(3)4)15(19)14(16)13(5)6/h12-14H,7-11H2,1-6H3. The predicted octanol–water partition coefficient (Wildman–Crippen LogP) is 3.23. The summed E-state index contributed by atoms with van der Waals surface area (Å²) in [5.41, 5.74) is 0. The number of likely N-dealkylation sites (N-methyl/N-ethyl adjacent to an activating group) is 1. The molecule has 1 amide bonds. The lowest BCUT2D eigenvalue weighted by molar-refractivity contribution is -0.131. The zero-order valence-corrected chi connectivity index (χ0v) is 15.0. The first-order valence-electron chi connectivity index (χ1n) is 7.48. The molecule has 0 aromatic rings. The van der Waals surface area contributed by atoms with Gasteiger partial charge in [0.25, 0.3) is 0 Å². The lowest BCUT2D eigenvalue weighted by Crippen LogP contribution is -2.44. The van der Waals surface area contributed by atoms with Crippen molar-refractivity contribution in [2.75, 3.05) is 32.7 Å². The molecule has 0 spiro atoms. The molecular weight excluding hydrogens is 304 g/mol. The summed E-state index contributed by atoms with van der Waals surface area (Å²) < 4.78 is 0. The molecule has 0 aliphatic carbocycles. The van der Waals surface area contributed by atoms with Gasteiger partial charge in [-0.15, -0.1) is 0 Å². The Morgan fingerprint density at radius 3 is 1.95 bits per heavy atom. The van der Waals surface area contributed by atoms with Crippen molar-refractivity contribution in [1.29, 1.82) is 0 Å². The highest BCUT2D eigenvalue weighted by molar-refractivity contribution is 9.10. The number of rotatable bonds is 9. The van der Waals surface area contributed by atoms with Crippen molar-refractivity contribution in [1.82, 2.24) is 9.80 Å². The molecule has 0 aliphatic rings. The molecule has 0 saturated carbocycles. The van der Waals surface area contributed by atoms with Crippen LogP contribution in [0.15, 0.2) is 0 Å². The number of hydrogen-bond acceptors (Lipinski definition) is 2. The molecule has 0 aromatic carbocycles. The van der Waals surface area contributed by atoms with E-state index in [4.69, 9.17) is 0 Å². The quantitative estimate of drug-likeness (QED) is 0.604. The summed E-state index contributed by atoms with van der Waals surface area (Å²) in [5.74, 6) is 1.07. The molecule has 0 N–H and O–H groups in total. The molecule has 0 radical (unpaired) electrons. The molecule has 3 nitrogen and oxygen atoms in total. The molecule has 1 atom stereocenters. The first-order valence-corrected chi connectivity index (χ1v) is 8.40. The van der Waals surface area contributed by atoms with Crippen molar-refractivity contribution in [2.24, 2.45) is 11.8 Å². The van der Waals surface area contributed by atoms with Gasteiger partial charge in [-0.25, -0.2) is 0 Å². The molecule has 4 heteroatoms. The van der Waals surface area contributed by atoms with Crippen LogP contribution in [-0.4, -0.2) is 53.3 Å². The molecule has 0 saturated heterocycles. The summed E-state index contributed by atoms with van der Waals surface area (Å²) in [6.07, 6.45) is 0. The van der Waals surface area contributed by atoms with Crippen molar-refractivity contribution >= 4 is 21.8 Å². The molecular formula is C15H31BrN2O. The van der Waals surface area contributed by atoms with Crippen LogP contribution in [-0.2, 0) is 4.79 Å². The lowest BCUT2D eigenvalue weighted by Gasteiger charge is -2.30. The molecule has 0 aromatic heterocycles. The highest BCUT2D eigenvalue weighted by Crippen LogP contribution is 2.16. The van der Waals surface area contributed by atoms with Gasteiger partial charge in [0.05, 0.1) is 4.83 Å². The van der Waals surface area contributed by atoms with Gasteiger partial charge in [0.2, 0.25) is 5.91 Å². The summed E-state index contributed by atoms with van der Waals surface area (Å²) in [6.45, 7) is 17.5. The largest absolute Gasteiger partial charge is 0.340 e. The SMILES string of the molecule is CCN(CC)CCN(CC(C)C)C(=O)C(Br)C(C)C. The fraction of sp³-hybridized carbons (Fsp3) is 0.933. The zero-order valence-electron chi connectivity index (χ0n) is 13.4. The molecule has 1 unspecified atom stereocenters. The van der Waals surface area contributed by atoms with Crippen LogP contribution in [0.25, 0.3) is 0 Å². The van der Waals surface area contributed by atoms with Crippen LogP contribution in [0, 0.1) is 11.8 Å². The number of hydrogen-bond donors (Lipinski definition) is 0. The van der Waals surface area contributed by atoms with Gasteiger partial charge in [0.15, 0.2) is 0 Å². The summed E-state index contributed by atoms with van der Waals surface area (Å²) in [5, 5.41) is 0. The van der Waals surface area contributed by atoms with Crippen LogP contribution in [0.5, 0.6) is 0 Å². The summed E-state index contributed by atoms with van der Waals surface area (Å²) in [4.78, 5) is 16.8. The third-order valence-corrected chi connectivity index (χ3v) is 4.75. The average Bonchev–Trinajstić information content (AvgIpc) is 2.36. The van der Waals surface area contributed by atoms with Gasteiger partial charge in [0.1, 0.15) is 0 Å². The maximum Gasteiger partial charge on any atom is 0.236 e. The minimum absolute atomic E-state index is 0.0667. The fourth-order valence-corrected chi connectivity index (χ4v) is 2.28. The van der Waals surface area contributed by atoms with Crippen LogP contribution < -0.4 is 0 Å². The maximum absolute atomic E-state index is 12.5. The Labute approximate surface area is 127 Å². The van der Waals surface area contributed by atoms with Gasteiger partial charge in [-0.1, -0.05) is 57.5 Å². The van der Waals surface area contributed by atoms with Crippen LogP contribution in [0.4, 0.5) is 0 Å². The van der Waals surface area contributed by atoms with E-state index in [9.17, 15) is 4.79 Å². The molecule has 0 rings (SSSR count). The molecule has 19 heavy (non-hydrogen) atoms. The molecule has 0 fully saturated rings. The number of carbonyl (C=O) groups excluding carboxylic acids is 1. The molecule has 0 aliphatic heterocycles. The smallest absolute Gasteiger partial charge is 0.236 e. The maximum atomic E-state index is 12.5. The second-order valence-electron chi connectivity index (χ2n) is 5.85. The molecule has 114 valence electrons. The topological polar surface area (TPSA) is 23.6 Å². The third-order valence-electron chi connectivity index (χ3n) is 3.30. The molecule has 0 bridgehead atoms. The Morgan fingerprint density at radius 1 is 1.05 bits per heavy atom. The van der Waals surface area contributed by atoms with Gasteiger partial charge in [0, 0.05) is 19.6 Å². The monoisotopic (exact) mass is 334 g/mol. The van der Waals surface area contributed by atoms with E-state index in [1.807, 2.05) is 4.90 Å². The van der Waals surface area contributed by atoms with Crippen LogP contribution in [0.2, 0.25) is 0 Å². The van der Waals surface area contributed by atoms with E-state index < -0.39 is 0 Å². The number of alkyl halides is 1. The van der Waals surface area contributed by atoms with E-state index in [0.29, 0.717) is 11.8 Å². The first-order chi connectivity index (χ1) is 8.83. The van der Waals surface area contributed by atoms with Crippen LogP contribution in [0.3, 0.4) is 0 Å². The Balaban J connectivity index is 4.58. The van der Waals surface area contributed by atoms with E-state index in [1.54, 1.807) is 0 Å². The second kappa shape index (κ2) is 9.76. The minimum Gasteiger partial charge on any atom is -0.340 e. The lowest BCUT2D eigenvalue weighted by atomic mass is 10.1. The number of carbonyl (C=O) groups is 1. The molecule has 0 heterocycles. The Kier molecular flexibility index (Phi) is 9.71. The Hall–Kier alpha value is -0.0900. The van der Waals surface area contributed by atoms with E-state index in [-0.39, 0.29) is 10.7 Å². The fourth-order valence-electron chi connectivity index (χ4n) is 1.99. The van der Waals surface area contributed by atoms with Gasteiger partial charge in [-0.2, -0.15) is 0 Å². The van der Waals surface area contributed by atoms with Gasteiger partial charge >= 0.3 is 0 Å². The van der Waals surface area contributed by atoms with Gasteiger partial charge < -0.3 is 9.80 Å². The summed E-state index contributed by atoms with van der Waals surface area (Å²) >= 11 is 3.53. The Morgan fingerprint density at radius 2 is 1.58 bits per heavy atom. The Bertz CT molecular complexity index is 253. The van der Waals surface area contributed by atoms with Crippen LogP contribution in [0.1, 0.15) is 41.5 Å². The predicted molar refractivity (Wildman–Crippen MR) is 86.8 cm³/mol. The highest BCUT2D eigenvalue weighted by Gasteiger charge is 2.25. The number of nitrogens with zero attached hydrogens (tertiary/aromatic N) is 2. The zero-order chi connectivity index (χ0) is 15.0. The minimum atomic E-state index is -0.0667. The van der Waals surface area contributed by atoms with E-state index in [0.717, 1.165) is 32.7 Å². The van der Waals surface area contributed by atoms with Crippen molar-refractivity contribution < 1.29 is 4.79 Å². The van der Waals surface area contributed by atoms with E-state index in [1.165, 1.54) is 0 Å². The average molecular weight is 335 g/mol.